The first-order chi connectivity index (χ1) is 12.5. The maximum atomic E-state index is 12.4. The fourth-order valence-electron chi connectivity index (χ4n) is 2.85. The summed E-state index contributed by atoms with van der Waals surface area (Å²) in [5.74, 6) is -1.30. The van der Waals surface area contributed by atoms with Gasteiger partial charge in [-0.3, -0.25) is 9.59 Å². The fraction of sp³-hybridized carbons (Fsp3) is 0.842. The van der Waals surface area contributed by atoms with Gasteiger partial charge in [0.1, 0.15) is 0 Å². The molecule has 0 radical (unpaired) electrons. The van der Waals surface area contributed by atoms with Crippen molar-refractivity contribution in [1.29, 1.82) is 0 Å². The summed E-state index contributed by atoms with van der Waals surface area (Å²) in [6.45, 7) is 9.04. The lowest BCUT2D eigenvalue weighted by molar-refractivity contribution is -0.145. The molecule has 2 unspecified atom stereocenters. The maximum absolute atomic E-state index is 12.4. The van der Waals surface area contributed by atoms with E-state index < -0.39 is 23.9 Å². The number of ether oxygens (including phenoxy) is 3. The largest absolute Gasteiger partial charge is 0.507 e. The van der Waals surface area contributed by atoms with Gasteiger partial charge >= 0.3 is 12.1 Å². The molecule has 8 nitrogen and oxygen atoms in total. The number of methoxy groups -OCH3 is 2. The fourth-order valence-corrected chi connectivity index (χ4v) is 2.85. The van der Waals surface area contributed by atoms with Crippen molar-refractivity contribution < 1.29 is 33.7 Å². The van der Waals surface area contributed by atoms with Gasteiger partial charge < -0.3 is 24.6 Å². The summed E-state index contributed by atoms with van der Waals surface area (Å²) in [6, 6.07) is 0. The Kier molecular flexibility index (Phi) is 11.0. The number of carboxylic acid groups (broad SMARTS) is 1. The highest BCUT2D eigenvalue weighted by Crippen LogP contribution is 2.28. The number of hydrogen-bond donors (Lipinski definition) is 2. The highest BCUT2D eigenvalue weighted by molar-refractivity contribution is 5.78. The number of esters is 1. The maximum Gasteiger partial charge on any atom is 0.507 e. The van der Waals surface area contributed by atoms with Gasteiger partial charge in [0, 0.05) is 18.9 Å². The number of rotatable bonds is 12. The Bertz CT molecular complexity index is 494. The van der Waals surface area contributed by atoms with E-state index in [9.17, 15) is 14.4 Å². The SMILES string of the molecule is COC(=O)C(C)CCC[C@@](C)(C[C@@H](C)C(=O)NC(OC(=O)O)C(C)C)OC. The van der Waals surface area contributed by atoms with Crippen LogP contribution in [0.3, 0.4) is 0 Å². The van der Waals surface area contributed by atoms with Gasteiger partial charge in [0.05, 0.1) is 18.6 Å². The summed E-state index contributed by atoms with van der Waals surface area (Å²) in [5, 5.41) is 11.4. The van der Waals surface area contributed by atoms with Crippen LogP contribution in [-0.2, 0) is 23.8 Å². The molecule has 0 heterocycles. The molecule has 2 N–H and O–H groups in total. The Morgan fingerprint density at radius 2 is 1.67 bits per heavy atom. The Hall–Kier alpha value is -1.83. The van der Waals surface area contributed by atoms with Crippen LogP contribution in [0.15, 0.2) is 0 Å². The van der Waals surface area contributed by atoms with Crippen LogP contribution in [-0.4, -0.2) is 49.2 Å². The standard InChI is InChI=1S/C19H35NO7/c1-12(2)16(27-18(23)24)20-15(21)14(4)11-19(5,26-7)10-8-9-13(3)17(22)25-6/h12-14,16H,8-11H2,1-7H3,(H,20,21)(H,23,24)/t13?,14-,16?,19+/m1/s1. The molecule has 1 amide bonds. The molecule has 158 valence electrons. The first kappa shape index (κ1) is 25.2. The molecule has 27 heavy (non-hydrogen) atoms. The van der Waals surface area contributed by atoms with Crippen LogP contribution in [0.5, 0.6) is 0 Å². The second-order valence-corrected chi connectivity index (χ2v) is 7.63. The van der Waals surface area contributed by atoms with Gasteiger partial charge in [-0.1, -0.05) is 27.7 Å². The lowest BCUT2D eigenvalue weighted by atomic mass is 9.86. The zero-order valence-electron chi connectivity index (χ0n) is 17.5. The minimum absolute atomic E-state index is 0.184. The summed E-state index contributed by atoms with van der Waals surface area (Å²) in [6.07, 6.45) is 0.247. The minimum Gasteiger partial charge on any atom is -0.469 e. The Balaban J connectivity index is 4.70. The molecule has 8 heteroatoms. The Labute approximate surface area is 161 Å². The molecule has 0 spiro atoms. The first-order valence-corrected chi connectivity index (χ1v) is 9.28. The molecule has 0 aromatic rings. The van der Waals surface area contributed by atoms with E-state index in [0.29, 0.717) is 19.3 Å². The molecule has 0 aromatic heterocycles. The molecule has 0 aromatic carbocycles. The molecule has 0 rings (SSSR count). The molecule has 0 aliphatic carbocycles. The smallest absolute Gasteiger partial charge is 0.469 e. The van der Waals surface area contributed by atoms with E-state index in [4.69, 9.17) is 19.3 Å². The minimum atomic E-state index is -1.43. The number of nitrogens with one attached hydrogen (secondary N) is 1. The molecule has 0 saturated heterocycles. The van der Waals surface area contributed by atoms with E-state index in [-0.39, 0.29) is 23.7 Å². The summed E-state index contributed by atoms with van der Waals surface area (Å²) >= 11 is 0. The summed E-state index contributed by atoms with van der Waals surface area (Å²) in [4.78, 5) is 34.7. The zero-order valence-corrected chi connectivity index (χ0v) is 17.5. The number of carbonyl (C=O) groups excluding carboxylic acids is 2. The van der Waals surface area contributed by atoms with E-state index >= 15 is 0 Å². The van der Waals surface area contributed by atoms with Gasteiger partial charge in [0.15, 0.2) is 6.23 Å². The topological polar surface area (TPSA) is 111 Å². The third-order valence-electron chi connectivity index (χ3n) is 4.74. The van der Waals surface area contributed by atoms with Crippen molar-refractivity contribution in [2.24, 2.45) is 17.8 Å². The van der Waals surface area contributed by atoms with Gasteiger partial charge in [0.2, 0.25) is 5.91 Å². The normalized spacial score (nSPS) is 16.7. The van der Waals surface area contributed by atoms with E-state index in [2.05, 4.69) is 5.32 Å². The van der Waals surface area contributed by atoms with Crippen molar-refractivity contribution in [2.75, 3.05) is 14.2 Å². The summed E-state index contributed by atoms with van der Waals surface area (Å²) in [7, 11) is 2.97. The second-order valence-electron chi connectivity index (χ2n) is 7.63. The van der Waals surface area contributed by atoms with Gasteiger partial charge in [0.25, 0.3) is 0 Å². The molecule has 0 aliphatic heterocycles. The van der Waals surface area contributed by atoms with E-state index in [1.807, 2.05) is 13.8 Å². The lowest BCUT2D eigenvalue weighted by Crippen LogP contribution is -2.45. The lowest BCUT2D eigenvalue weighted by Gasteiger charge is -2.32. The predicted octanol–water partition coefficient (Wildman–Crippen LogP) is 3.19. The van der Waals surface area contributed by atoms with Crippen LogP contribution >= 0.6 is 0 Å². The van der Waals surface area contributed by atoms with Crippen LogP contribution < -0.4 is 5.32 Å². The number of hydrogen-bond acceptors (Lipinski definition) is 6. The Morgan fingerprint density at radius 3 is 2.11 bits per heavy atom. The van der Waals surface area contributed by atoms with Crippen LogP contribution in [0.2, 0.25) is 0 Å². The third kappa shape index (κ3) is 9.60. The van der Waals surface area contributed by atoms with Gasteiger partial charge in [-0.15, -0.1) is 0 Å². The highest BCUT2D eigenvalue weighted by atomic mass is 16.7. The van der Waals surface area contributed by atoms with Crippen molar-refractivity contribution in [3.63, 3.8) is 0 Å². The van der Waals surface area contributed by atoms with Crippen LogP contribution in [0.4, 0.5) is 4.79 Å². The molecule has 0 aliphatic rings. The average molecular weight is 389 g/mol. The molecule has 0 saturated carbocycles. The molecule has 0 fully saturated rings. The predicted molar refractivity (Wildman–Crippen MR) is 100 cm³/mol. The Morgan fingerprint density at radius 1 is 1.07 bits per heavy atom. The first-order valence-electron chi connectivity index (χ1n) is 9.28. The number of amides is 1. The van der Waals surface area contributed by atoms with Crippen LogP contribution in [0, 0.1) is 17.8 Å². The van der Waals surface area contributed by atoms with Crippen molar-refractivity contribution >= 4 is 18.0 Å². The molecular formula is C19H35NO7. The van der Waals surface area contributed by atoms with Crippen molar-refractivity contribution in [2.45, 2.75) is 72.1 Å². The van der Waals surface area contributed by atoms with E-state index in [0.717, 1.165) is 6.42 Å². The summed E-state index contributed by atoms with van der Waals surface area (Å²) < 4.78 is 15.1. The quantitative estimate of drug-likeness (QED) is 0.389. The monoisotopic (exact) mass is 389 g/mol. The molecular weight excluding hydrogens is 354 g/mol. The van der Waals surface area contributed by atoms with Crippen molar-refractivity contribution in [3.05, 3.63) is 0 Å². The zero-order chi connectivity index (χ0) is 21.2. The average Bonchev–Trinajstić information content (AvgIpc) is 2.59. The molecule has 0 bridgehead atoms. The van der Waals surface area contributed by atoms with Gasteiger partial charge in [-0.05, 0) is 32.6 Å². The second kappa shape index (κ2) is 11.8. The van der Waals surface area contributed by atoms with Gasteiger partial charge in [-0.2, -0.15) is 0 Å². The van der Waals surface area contributed by atoms with E-state index in [1.165, 1.54) is 7.11 Å². The van der Waals surface area contributed by atoms with Crippen LogP contribution in [0.1, 0.15) is 60.3 Å². The molecule has 4 atom stereocenters. The third-order valence-corrected chi connectivity index (χ3v) is 4.74. The highest BCUT2D eigenvalue weighted by Gasteiger charge is 2.31. The van der Waals surface area contributed by atoms with Crippen molar-refractivity contribution in [3.8, 4) is 0 Å². The van der Waals surface area contributed by atoms with Crippen LogP contribution in [0.25, 0.3) is 0 Å². The number of carbonyl (C=O) groups is 3. The van der Waals surface area contributed by atoms with Gasteiger partial charge in [-0.25, -0.2) is 4.79 Å². The van der Waals surface area contributed by atoms with E-state index in [1.54, 1.807) is 27.9 Å². The summed E-state index contributed by atoms with van der Waals surface area (Å²) in [5.41, 5.74) is -0.534. The van der Waals surface area contributed by atoms with Crippen molar-refractivity contribution in [1.82, 2.24) is 5.32 Å².